The van der Waals surface area contributed by atoms with Gasteiger partial charge in [-0.15, -0.1) is 0 Å². The number of nitrogens with one attached hydrogen (secondary N) is 1. The smallest absolute Gasteiger partial charge is 0.240 e. The molecule has 0 saturated carbocycles. The molecule has 1 amide bonds. The molecule has 0 bridgehead atoms. The van der Waals surface area contributed by atoms with Crippen LogP contribution in [0.3, 0.4) is 0 Å². The molecule has 0 radical (unpaired) electrons. The van der Waals surface area contributed by atoms with Gasteiger partial charge in [-0.2, -0.15) is 0 Å². The molecule has 1 saturated heterocycles. The largest absolute Gasteiger partial charge is 0.352 e. The van der Waals surface area contributed by atoms with E-state index in [1.165, 1.54) is 0 Å². The van der Waals surface area contributed by atoms with E-state index in [2.05, 4.69) is 10.2 Å². The monoisotopic (exact) mass is 373 g/mol. The lowest BCUT2D eigenvalue weighted by molar-refractivity contribution is -0.120. The maximum atomic E-state index is 12.4. The fourth-order valence-corrected chi connectivity index (χ4v) is 3.88. The number of benzene rings is 1. The first-order chi connectivity index (χ1) is 11.2. The molecule has 134 valence electrons. The van der Waals surface area contributed by atoms with Crippen molar-refractivity contribution in [2.45, 2.75) is 25.8 Å². The van der Waals surface area contributed by atoms with Gasteiger partial charge in [-0.05, 0) is 57.6 Å². The zero-order valence-corrected chi connectivity index (χ0v) is 15.8. The first-order valence-electron chi connectivity index (χ1n) is 7.89. The van der Waals surface area contributed by atoms with E-state index in [4.69, 9.17) is 11.6 Å². The molecule has 1 aliphatic heterocycles. The van der Waals surface area contributed by atoms with Crippen molar-refractivity contribution < 1.29 is 13.2 Å². The van der Waals surface area contributed by atoms with Crippen molar-refractivity contribution in [2.75, 3.05) is 37.2 Å². The van der Waals surface area contributed by atoms with Crippen molar-refractivity contribution in [1.82, 2.24) is 10.2 Å². The van der Waals surface area contributed by atoms with Gasteiger partial charge in [0.05, 0.1) is 11.9 Å². The van der Waals surface area contributed by atoms with Crippen LogP contribution in [0.2, 0.25) is 5.02 Å². The second-order valence-electron chi connectivity index (χ2n) is 6.30. The van der Waals surface area contributed by atoms with Gasteiger partial charge < -0.3 is 10.2 Å². The Balaban J connectivity index is 2.12. The van der Waals surface area contributed by atoms with Gasteiger partial charge in [-0.3, -0.25) is 9.10 Å². The van der Waals surface area contributed by atoms with Crippen molar-refractivity contribution in [3.05, 3.63) is 28.8 Å². The van der Waals surface area contributed by atoms with Crippen LogP contribution < -0.4 is 9.62 Å². The summed E-state index contributed by atoms with van der Waals surface area (Å²) in [6.07, 6.45) is 2.84. The first kappa shape index (κ1) is 19.0. The van der Waals surface area contributed by atoms with Gasteiger partial charge in [-0.1, -0.05) is 17.7 Å². The van der Waals surface area contributed by atoms with Crippen LogP contribution >= 0.6 is 11.6 Å². The minimum atomic E-state index is -3.60. The summed E-state index contributed by atoms with van der Waals surface area (Å²) in [5.41, 5.74) is 1.07. The van der Waals surface area contributed by atoms with Crippen LogP contribution in [0.25, 0.3) is 0 Å². The standard InChI is InChI=1S/C16H24ClN3O3S/c1-12-14(17)5-4-6-15(12)20(24(3,22)23)11-16(21)18-13-7-9-19(2)10-8-13/h4-6,13H,7-11H2,1-3H3,(H,18,21). The molecule has 1 aromatic carbocycles. The molecule has 0 aromatic heterocycles. The van der Waals surface area contributed by atoms with Crippen molar-refractivity contribution in [3.63, 3.8) is 0 Å². The number of piperidine rings is 1. The zero-order valence-electron chi connectivity index (χ0n) is 14.3. The van der Waals surface area contributed by atoms with Crippen LogP contribution in [-0.2, 0) is 14.8 Å². The Morgan fingerprint density at radius 3 is 2.58 bits per heavy atom. The summed E-state index contributed by atoms with van der Waals surface area (Å²) in [7, 11) is -1.55. The van der Waals surface area contributed by atoms with Crippen molar-refractivity contribution in [3.8, 4) is 0 Å². The van der Waals surface area contributed by atoms with E-state index in [0.717, 1.165) is 36.5 Å². The van der Waals surface area contributed by atoms with Crippen LogP contribution in [0.5, 0.6) is 0 Å². The molecule has 0 unspecified atom stereocenters. The van der Waals surface area contributed by atoms with Crippen LogP contribution in [0, 0.1) is 6.92 Å². The average Bonchev–Trinajstić information content (AvgIpc) is 2.49. The molecule has 1 aliphatic rings. The minimum absolute atomic E-state index is 0.0931. The number of hydrogen-bond acceptors (Lipinski definition) is 4. The van der Waals surface area contributed by atoms with Crippen molar-refractivity contribution in [2.24, 2.45) is 0 Å². The number of likely N-dealkylation sites (tertiary alicyclic amines) is 1. The first-order valence-corrected chi connectivity index (χ1v) is 10.1. The van der Waals surface area contributed by atoms with E-state index in [9.17, 15) is 13.2 Å². The van der Waals surface area contributed by atoms with Crippen LogP contribution in [0.1, 0.15) is 18.4 Å². The fraction of sp³-hybridized carbons (Fsp3) is 0.562. The van der Waals surface area contributed by atoms with Gasteiger partial charge in [0.25, 0.3) is 0 Å². The Labute approximate surface area is 148 Å². The molecule has 0 spiro atoms. The third kappa shape index (κ3) is 4.84. The van der Waals surface area contributed by atoms with E-state index < -0.39 is 10.0 Å². The van der Waals surface area contributed by atoms with Gasteiger partial charge in [0, 0.05) is 11.1 Å². The molecule has 1 N–H and O–H groups in total. The highest BCUT2D eigenvalue weighted by Gasteiger charge is 2.25. The summed E-state index contributed by atoms with van der Waals surface area (Å²) in [6.45, 7) is 3.35. The summed E-state index contributed by atoms with van der Waals surface area (Å²) in [6, 6.07) is 5.12. The number of carbonyl (C=O) groups is 1. The van der Waals surface area contributed by atoms with E-state index in [0.29, 0.717) is 16.3 Å². The molecular weight excluding hydrogens is 350 g/mol. The summed E-state index contributed by atoms with van der Waals surface area (Å²) in [5, 5.41) is 3.41. The highest BCUT2D eigenvalue weighted by molar-refractivity contribution is 7.92. The Kier molecular flexibility index (Phi) is 6.11. The van der Waals surface area contributed by atoms with Gasteiger partial charge in [-0.25, -0.2) is 8.42 Å². The third-order valence-electron chi connectivity index (χ3n) is 4.28. The van der Waals surface area contributed by atoms with Gasteiger partial charge in [0.15, 0.2) is 0 Å². The maximum Gasteiger partial charge on any atom is 0.240 e. The summed E-state index contributed by atoms with van der Waals surface area (Å²) < 4.78 is 25.4. The topological polar surface area (TPSA) is 69.7 Å². The molecule has 6 nitrogen and oxygen atoms in total. The van der Waals surface area contributed by atoms with Gasteiger partial charge in [0.2, 0.25) is 15.9 Å². The third-order valence-corrected chi connectivity index (χ3v) is 5.81. The van der Waals surface area contributed by atoms with Crippen LogP contribution in [0.15, 0.2) is 18.2 Å². The lowest BCUT2D eigenvalue weighted by Gasteiger charge is -2.30. The molecule has 1 aromatic rings. The van der Waals surface area contributed by atoms with E-state index in [1.807, 2.05) is 7.05 Å². The van der Waals surface area contributed by atoms with Crippen molar-refractivity contribution in [1.29, 1.82) is 0 Å². The van der Waals surface area contributed by atoms with E-state index in [-0.39, 0.29) is 18.5 Å². The number of amides is 1. The SMILES string of the molecule is Cc1c(Cl)cccc1N(CC(=O)NC1CCN(C)CC1)S(C)(=O)=O. The van der Waals surface area contributed by atoms with Crippen molar-refractivity contribution >= 4 is 33.2 Å². The number of hydrogen-bond donors (Lipinski definition) is 1. The number of halogens is 1. The average molecular weight is 374 g/mol. The van der Waals surface area contributed by atoms with Crippen LogP contribution in [-0.4, -0.2) is 58.2 Å². The zero-order chi connectivity index (χ0) is 17.9. The Bertz CT molecular complexity index is 701. The number of anilines is 1. The molecule has 1 fully saturated rings. The molecule has 1 heterocycles. The second kappa shape index (κ2) is 7.72. The van der Waals surface area contributed by atoms with E-state index in [1.54, 1.807) is 25.1 Å². The van der Waals surface area contributed by atoms with E-state index >= 15 is 0 Å². The fourth-order valence-electron chi connectivity index (χ4n) is 2.80. The quantitative estimate of drug-likeness (QED) is 0.851. The number of nitrogens with zero attached hydrogens (tertiary/aromatic N) is 2. The minimum Gasteiger partial charge on any atom is -0.352 e. The summed E-state index contributed by atoms with van der Waals surface area (Å²) in [5.74, 6) is -0.297. The highest BCUT2D eigenvalue weighted by atomic mass is 35.5. The molecule has 24 heavy (non-hydrogen) atoms. The lowest BCUT2D eigenvalue weighted by atomic mass is 10.1. The summed E-state index contributed by atoms with van der Waals surface area (Å²) in [4.78, 5) is 14.6. The molecule has 2 rings (SSSR count). The molecule has 8 heteroatoms. The molecular formula is C16H24ClN3O3S. The number of carbonyl (C=O) groups excluding carboxylic acids is 1. The predicted octanol–water partition coefficient (Wildman–Crippen LogP) is 1.62. The Morgan fingerprint density at radius 2 is 2.00 bits per heavy atom. The lowest BCUT2D eigenvalue weighted by Crippen LogP contribution is -2.47. The van der Waals surface area contributed by atoms with Crippen LogP contribution in [0.4, 0.5) is 5.69 Å². The van der Waals surface area contributed by atoms with Gasteiger partial charge in [0.1, 0.15) is 6.54 Å². The Morgan fingerprint density at radius 1 is 1.38 bits per heavy atom. The second-order valence-corrected chi connectivity index (χ2v) is 8.61. The Hall–Kier alpha value is -1.31. The van der Waals surface area contributed by atoms with Gasteiger partial charge >= 0.3 is 0 Å². The molecule has 0 aliphatic carbocycles. The number of sulfonamides is 1. The molecule has 0 atom stereocenters. The maximum absolute atomic E-state index is 12.4. The highest BCUT2D eigenvalue weighted by Crippen LogP contribution is 2.28. The normalized spacial score (nSPS) is 16.8. The predicted molar refractivity (Wildman–Crippen MR) is 97.0 cm³/mol. The number of rotatable bonds is 5. The summed E-state index contributed by atoms with van der Waals surface area (Å²) >= 11 is 6.09.